The fraction of sp³-hybridized carbons (Fsp3) is 0.700. The number of hydrogen-bond donors (Lipinski definition) is 2. The summed E-state index contributed by atoms with van der Waals surface area (Å²) >= 11 is 1.54. The van der Waals surface area contributed by atoms with E-state index in [1.54, 1.807) is 11.3 Å². The predicted molar refractivity (Wildman–Crippen MR) is 62.7 cm³/mol. The minimum Gasteiger partial charge on any atom is -0.375 e. The van der Waals surface area contributed by atoms with Gasteiger partial charge in [0.25, 0.3) is 0 Å². The maximum absolute atomic E-state index is 5.58. The number of piperidine rings is 1. The second-order valence-electron chi connectivity index (χ2n) is 3.13. The SMILES string of the molecule is CC.Nc1nc(C2CCNCC2)cs1. The summed E-state index contributed by atoms with van der Waals surface area (Å²) in [5, 5.41) is 6.12. The van der Waals surface area contributed by atoms with Crippen molar-refractivity contribution in [3.63, 3.8) is 0 Å². The predicted octanol–water partition coefficient (Wildman–Crippen LogP) is 2.22. The van der Waals surface area contributed by atoms with Crippen LogP contribution in [-0.4, -0.2) is 18.1 Å². The highest BCUT2D eigenvalue weighted by Gasteiger charge is 2.17. The van der Waals surface area contributed by atoms with Gasteiger partial charge in [0.15, 0.2) is 5.13 Å². The van der Waals surface area contributed by atoms with Gasteiger partial charge >= 0.3 is 0 Å². The topological polar surface area (TPSA) is 50.9 Å². The lowest BCUT2D eigenvalue weighted by Crippen LogP contribution is -2.26. The maximum atomic E-state index is 5.58. The molecule has 0 bridgehead atoms. The number of nitrogens with one attached hydrogen (secondary N) is 1. The molecule has 2 rings (SSSR count). The van der Waals surface area contributed by atoms with Crippen LogP contribution in [-0.2, 0) is 0 Å². The van der Waals surface area contributed by atoms with Gasteiger partial charge in [0.05, 0.1) is 5.69 Å². The minimum atomic E-state index is 0.639. The molecule has 0 unspecified atom stereocenters. The van der Waals surface area contributed by atoms with E-state index in [4.69, 9.17) is 5.73 Å². The lowest BCUT2D eigenvalue weighted by atomic mass is 9.96. The summed E-state index contributed by atoms with van der Waals surface area (Å²) in [4.78, 5) is 4.30. The highest BCUT2D eigenvalue weighted by atomic mass is 32.1. The van der Waals surface area contributed by atoms with Crippen LogP contribution in [0, 0.1) is 0 Å². The molecule has 0 aliphatic carbocycles. The Hall–Kier alpha value is -0.610. The summed E-state index contributed by atoms with van der Waals surface area (Å²) in [6, 6.07) is 0. The van der Waals surface area contributed by atoms with Gasteiger partial charge in [-0.25, -0.2) is 4.98 Å². The number of rotatable bonds is 1. The monoisotopic (exact) mass is 213 g/mol. The molecular weight excluding hydrogens is 194 g/mol. The molecule has 1 aromatic rings. The standard InChI is InChI=1S/C8H13N3S.C2H6/c9-8-11-7(5-12-8)6-1-3-10-4-2-6;1-2/h5-6,10H,1-4H2,(H2,9,11);1-2H3. The van der Waals surface area contributed by atoms with Gasteiger partial charge in [-0.3, -0.25) is 0 Å². The molecule has 0 spiro atoms. The first-order chi connectivity index (χ1) is 6.86. The Bertz CT molecular complexity index is 254. The molecule has 0 amide bonds. The van der Waals surface area contributed by atoms with E-state index in [-0.39, 0.29) is 0 Å². The van der Waals surface area contributed by atoms with E-state index in [9.17, 15) is 0 Å². The van der Waals surface area contributed by atoms with Crippen molar-refractivity contribution in [2.45, 2.75) is 32.6 Å². The molecule has 1 saturated heterocycles. The number of nitrogens with zero attached hydrogens (tertiary/aromatic N) is 1. The fourth-order valence-electron chi connectivity index (χ4n) is 1.61. The van der Waals surface area contributed by atoms with Crippen molar-refractivity contribution in [2.75, 3.05) is 18.8 Å². The Kier molecular flexibility index (Phi) is 4.90. The van der Waals surface area contributed by atoms with E-state index >= 15 is 0 Å². The van der Waals surface area contributed by atoms with Crippen molar-refractivity contribution in [1.29, 1.82) is 0 Å². The Morgan fingerprint density at radius 3 is 2.57 bits per heavy atom. The normalized spacial score (nSPS) is 17.3. The molecule has 0 aromatic carbocycles. The van der Waals surface area contributed by atoms with Gasteiger partial charge in [-0.1, -0.05) is 13.8 Å². The van der Waals surface area contributed by atoms with Crippen molar-refractivity contribution >= 4 is 16.5 Å². The van der Waals surface area contributed by atoms with Gasteiger partial charge in [-0.2, -0.15) is 0 Å². The largest absolute Gasteiger partial charge is 0.375 e. The highest BCUT2D eigenvalue weighted by Crippen LogP contribution is 2.26. The van der Waals surface area contributed by atoms with Crippen LogP contribution in [0.15, 0.2) is 5.38 Å². The number of anilines is 1. The zero-order valence-corrected chi connectivity index (χ0v) is 9.73. The van der Waals surface area contributed by atoms with Crippen molar-refractivity contribution in [1.82, 2.24) is 10.3 Å². The maximum Gasteiger partial charge on any atom is 0.180 e. The lowest BCUT2D eigenvalue weighted by molar-refractivity contribution is 0.455. The molecule has 0 saturated carbocycles. The van der Waals surface area contributed by atoms with Crippen LogP contribution in [0.2, 0.25) is 0 Å². The van der Waals surface area contributed by atoms with E-state index in [0.29, 0.717) is 11.0 Å². The first kappa shape index (κ1) is 11.5. The average molecular weight is 213 g/mol. The third-order valence-corrected chi connectivity index (χ3v) is 2.99. The third-order valence-electron chi connectivity index (χ3n) is 2.30. The van der Waals surface area contributed by atoms with Crippen LogP contribution in [0.5, 0.6) is 0 Å². The fourth-order valence-corrected chi connectivity index (χ4v) is 2.25. The summed E-state index contributed by atoms with van der Waals surface area (Å²) in [6.07, 6.45) is 2.40. The Labute approximate surface area is 89.7 Å². The Balaban J connectivity index is 0.000000461. The number of nitrogen functional groups attached to an aromatic ring is 1. The van der Waals surface area contributed by atoms with Gasteiger partial charge in [0, 0.05) is 11.3 Å². The molecule has 4 heteroatoms. The molecule has 2 heterocycles. The molecule has 0 atom stereocenters. The van der Waals surface area contributed by atoms with Crippen LogP contribution in [0.1, 0.15) is 38.3 Å². The molecule has 0 radical (unpaired) electrons. The molecule has 80 valence electrons. The smallest absolute Gasteiger partial charge is 0.180 e. The van der Waals surface area contributed by atoms with Gasteiger partial charge in [-0.15, -0.1) is 11.3 Å². The van der Waals surface area contributed by atoms with Crippen LogP contribution >= 0.6 is 11.3 Å². The van der Waals surface area contributed by atoms with Crippen molar-refractivity contribution in [3.05, 3.63) is 11.1 Å². The summed E-state index contributed by atoms with van der Waals surface area (Å²) in [5.74, 6) is 0.639. The quantitative estimate of drug-likeness (QED) is 0.752. The van der Waals surface area contributed by atoms with E-state index in [2.05, 4.69) is 15.7 Å². The highest BCUT2D eigenvalue weighted by molar-refractivity contribution is 7.13. The van der Waals surface area contributed by atoms with Gasteiger partial charge in [0.2, 0.25) is 0 Å². The summed E-state index contributed by atoms with van der Waals surface area (Å²) in [7, 11) is 0. The summed E-state index contributed by atoms with van der Waals surface area (Å²) in [6.45, 7) is 6.23. The number of hydrogen-bond acceptors (Lipinski definition) is 4. The van der Waals surface area contributed by atoms with Crippen LogP contribution in [0.3, 0.4) is 0 Å². The number of thiazole rings is 1. The molecule has 1 aliphatic rings. The van der Waals surface area contributed by atoms with Gasteiger partial charge < -0.3 is 11.1 Å². The summed E-state index contributed by atoms with van der Waals surface area (Å²) in [5.41, 5.74) is 6.77. The number of nitrogens with two attached hydrogens (primary N) is 1. The molecular formula is C10H19N3S. The molecule has 1 fully saturated rings. The average Bonchev–Trinajstić information content (AvgIpc) is 2.69. The molecule has 3 N–H and O–H groups in total. The molecule has 14 heavy (non-hydrogen) atoms. The zero-order chi connectivity index (χ0) is 10.4. The molecule has 3 nitrogen and oxygen atoms in total. The van der Waals surface area contributed by atoms with Crippen molar-refractivity contribution < 1.29 is 0 Å². The Morgan fingerprint density at radius 2 is 2.07 bits per heavy atom. The lowest BCUT2D eigenvalue weighted by Gasteiger charge is -2.20. The first-order valence-electron chi connectivity index (χ1n) is 5.28. The van der Waals surface area contributed by atoms with E-state index in [1.807, 2.05) is 13.8 Å². The third kappa shape index (κ3) is 2.96. The van der Waals surface area contributed by atoms with E-state index < -0.39 is 0 Å². The first-order valence-corrected chi connectivity index (χ1v) is 6.16. The van der Waals surface area contributed by atoms with Crippen molar-refractivity contribution in [3.8, 4) is 0 Å². The van der Waals surface area contributed by atoms with Crippen LogP contribution < -0.4 is 11.1 Å². The Morgan fingerprint density at radius 1 is 1.43 bits per heavy atom. The van der Waals surface area contributed by atoms with E-state index in [0.717, 1.165) is 13.1 Å². The van der Waals surface area contributed by atoms with Gasteiger partial charge in [-0.05, 0) is 25.9 Å². The molecule has 1 aromatic heterocycles. The zero-order valence-electron chi connectivity index (χ0n) is 8.92. The van der Waals surface area contributed by atoms with Crippen LogP contribution in [0.25, 0.3) is 0 Å². The summed E-state index contributed by atoms with van der Waals surface area (Å²) < 4.78 is 0. The molecule has 1 aliphatic heterocycles. The number of aromatic nitrogens is 1. The van der Waals surface area contributed by atoms with Crippen LogP contribution in [0.4, 0.5) is 5.13 Å². The minimum absolute atomic E-state index is 0.639. The van der Waals surface area contributed by atoms with Crippen molar-refractivity contribution in [2.24, 2.45) is 0 Å². The van der Waals surface area contributed by atoms with Gasteiger partial charge in [0.1, 0.15) is 0 Å². The van der Waals surface area contributed by atoms with E-state index in [1.165, 1.54) is 18.5 Å². The second-order valence-corrected chi connectivity index (χ2v) is 4.02. The second kappa shape index (κ2) is 5.98.